The van der Waals surface area contributed by atoms with Gasteiger partial charge >= 0.3 is 0 Å². The van der Waals surface area contributed by atoms with Crippen LogP contribution in [0.25, 0.3) is 0 Å². The van der Waals surface area contributed by atoms with Gasteiger partial charge in [-0.3, -0.25) is 0 Å². The molecule has 34 heavy (non-hydrogen) atoms. The Kier molecular flexibility index (Phi) is 9.31. The van der Waals surface area contributed by atoms with Gasteiger partial charge in [0, 0.05) is 0 Å². The third-order valence-corrected chi connectivity index (χ3v) is 8.92. The molecule has 2 unspecified atom stereocenters. The van der Waals surface area contributed by atoms with Crippen LogP contribution in [0.3, 0.4) is 0 Å². The highest BCUT2D eigenvalue weighted by molar-refractivity contribution is 5.35. The molecule has 0 N–H and O–H groups in total. The number of rotatable bonds is 9. The second kappa shape index (κ2) is 12.4. The summed E-state index contributed by atoms with van der Waals surface area (Å²) in [5.74, 6) is 2.68. The molecule has 2 nitrogen and oxygen atoms in total. The van der Waals surface area contributed by atoms with Gasteiger partial charge in [-0.05, 0) is 106 Å². The van der Waals surface area contributed by atoms with Crippen molar-refractivity contribution in [1.29, 1.82) is 0 Å². The van der Waals surface area contributed by atoms with Crippen LogP contribution in [0.2, 0.25) is 0 Å². The summed E-state index contributed by atoms with van der Waals surface area (Å²) in [7, 11) is 0. The number of halogens is 2. The van der Waals surface area contributed by atoms with E-state index >= 15 is 0 Å². The monoisotopic (exact) mass is 474 g/mol. The zero-order chi connectivity index (χ0) is 23.9. The standard InChI is InChI=1S/C30H44F2O2/c1-3-5-21-6-10-23(11-7-21)25-14-16-26(17-15-25)24-12-8-22(9-13-24)20-34-28-19-18-27(33-4-2)29(31)30(28)32/h14,16,18-19,21-26H,3-13,15,17,20H2,1-2H3. The predicted molar refractivity (Wildman–Crippen MR) is 134 cm³/mol. The zero-order valence-corrected chi connectivity index (χ0v) is 21.2. The van der Waals surface area contributed by atoms with E-state index in [1.54, 1.807) is 6.92 Å². The van der Waals surface area contributed by atoms with Crippen molar-refractivity contribution in [3.05, 3.63) is 35.9 Å². The predicted octanol–water partition coefficient (Wildman–Crippen LogP) is 8.74. The van der Waals surface area contributed by atoms with Crippen LogP contribution < -0.4 is 9.47 Å². The van der Waals surface area contributed by atoms with Crippen molar-refractivity contribution in [2.24, 2.45) is 35.5 Å². The highest BCUT2D eigenvalue weighted by Crippen LogP contribution is 2.43. The Bertz CT molecular complexity index is 791. The largest absolute Gasteiger partial charge is 0.491 e. The fraction of sp³-hybridized carbons (Fsp3) is 0.733. The van der Waals surface area contributed by atoms with Gasteiger partial charge in [0.1, 0.15) is 0 Å². The molecule has 190 valence electrons. The lowest BCUT2D eigenvalue weighted by Gasteiger charge is -2.38. The molecule has 0 spiro atoms. The molecule has 3 aliphatic carbocycles. The number of ether oxygens (including phenoxy) is 2. The van der Waals surface area contributed by atoms with Crippen molar-refractivity contribution in [2.45, 2.75) is 90.9 Å². The molecule has 1 aromatic rings. The Morgan fingerprint density at radius 3 is 1.65 bits per heavy atom. The van der Waals surface area contributed by atoms with E-state index in [0.29, 0.717) is 19.1 Å². The summed E-state index contributed by atoms with van der Waals surface area (Å²) >= 11 is 0. The first-order valence-electron chi connectivity index (χ1n) is 14.0. The average Bonchev–Trinajstić information content (AvgIpc) is 2.88. The van der Waals surface area contributed by atoms with Gasteiger partial charge in [-0.25, -0.2) is 0 Å². The number of allylic oxidation sites excluding steroid dienone is 2. The van der Waals surface area contributed by atoms with Crippen LogP contribution in [0.4, 0.5) is 8.78 Å². The van der Waals surface area contributed by atoms with E-state index in [4.69, 9.17) is 9.47 Å². The molecule has 0 saturated heterocycles. The Morgan fingerprint density at radius 2 is 1.18 bits per heavy atom. The summed E-state index contributed by atoms with van der Waals surface area (Å²) in [6, 6.07) is 2.93. The third kappa shape index (κ3) is 6.34. The van der Waals surface area contributed by atoms with Gasteiger partial charge in [-0.1, -0.05) is 44.8 Å². The SMILES string of the molecule is CCCC1CCC(C2C=CC(C3CCC(COc4ccc(OCC)c(F)c4F)CC3)CC2)CC1. The normalized spacial score (nSPS) is 31.9. The zero-order valence-electron chi connectivity index (χ0n) is 21.2. The highest BCUT2D eigenvalue weighted by atomic mass is 19.2. The number of hydrogen-bond donors (Lipinski definition) is 0. The van der Waals surface area contributed by atoms with Gasteiger partial charge in [0.15, 0.2) is 11.5 Å². The lowest BCUT2D eigenvalue weighted by molar-refractivity contribution is 0.148. The van der Waals surface area contributed by atoms with Gasteiger partial charge in [0.2, 0.25) is 11.6 Å². The Balaban J connectivity index is 1.19. The van der Waals surface area contributed by atoms with Crippen LogP contribution >= 0.6 is 0 Å². The molecule has 4 heteroatoms. The molecule has 0 heterocycles. The second-order valence-electron chi connectivity index (χ2n) is 11.1. The highest BCUT2D eigenvalue weighted by Gasteiger charge is 2.32. The minimum atomic E-state index is -0.959. The summed E-state index contributed by atoms with van der Waals surface area (Å²) in [6.45, 7) is 4.83. The molecule has 1 aromatic carbocycles. The molecular weight excluding hydrogens is 430 g/mol. The summed E-state index contributed by atoms with van der Waals surface area (Å²) in [5.41, 5.74) is 0. The minimum Gasteiger partial charge on any atom is -0.491 e. The Labute approximate surface area is 205 Å². The van der Waals surface area contributed by atoms with E-state index in [0.717, 1.165) is 42.4 Å². The lowest BCUT2D eigenvalue weighted by atomic mass is 9.68. The van der Waals surface area contributed by atoms with Crippen LogP contribution in [-0.4, -0.2) is 13.2 Å². The molecule has 3 aliphatic rings. The molecule has 2 fully saturated rings. The maximum Gasteiger partial charge on any atom is 0.204 e. The minimum absolute atomic E-state index is 0.00643. The molecule has 4 rings (SSSR count). The van der Waals surface area contributed by atoms with Crippen molar-refractivity contribution in [3.8, 4) is 11.5 Å². The van der Waals surface area contributed by atoms with Crippen LogP contribution in [0.5, 0.6) is 11.5 Å². The molecule has 0 aromatic heterocycles. The molecule has 0 aliphatic heterocycles. The van der Waals surface area contributed by atoms with E-state index in [1.165, 1.54) is 76.3 Å². The van der Waals surface area contributed by atoms with Crippen LogP contribution in [-0.2, 0) is 0 Å². The van der Waals surface area contributed by atoms with Gasteiger partial charge in [-0.15, -0.1) is 0 Å². The van der Waals surface area contributed by atoms with Crippen molar-refractivity contribution < 1.29 is 18.3 Å². The lowest BCUT2D eigenvalue weighted by Crippen LogP contribution is -2.28. The number of benzene rings is 1. The fourth-order valence-electron chi connectivity index (χ4n) is 6.84. The van der Waals surface area contributed by atoms with E-state index in [2.05, 4.69) is 19.1 Å². The smallest absolute Gasteiger partial charge is 0.204 e. The van der Waals surface area contributed by atoms with Crippen LogP contribution in [0, 0.1) is 47.1 Å². The molecule has 0 radical (unpaired) electrons. The van der Waals surface area contributed by atoms with Crippen LogP contribution in [0.1, 0.15) is 90.9 Å². The van der Waals surface area contributed by atoms with Gasteiger partial charge in [0.25, 0.3) is 0 Å². The first-order valence-corrected chi connectivity index (χ1v) is 14.0. The van der Waals surface area contributed by atoms with Gasteiger partial charge < -0.3 is 9.47 Å². The summed E-state index contributed by atoms with van der Waals surface area (Å²) in [4.78, 5) is 0. The first kappa shape index (κ1) is 25.5. The summed E-state index contributed by atoms with van der Waals surface area (Å²) in [6.07, 6.45) is 21.1. The van der Waals surface area contributed by atoms with Gasteiger partial charge in [-0.2, -0.15) is 8.78 Å². The van der Waals surface area contributed by atoms with Crippen molar-refractivity contribution in [1.82, 2.24) is 0 Å². The summed E-state index contributed by atoms with van der Waals surface area (Å²) in [5, 5.41) is 0. The Morgan fingerprint density at radius 1 is 0.676 bits per heavy atom. The first-order chi connectivity index (χ1) is 16.6. The van der Waals surface area contributed by atoms with E-state index < -0.39 is 11.6 Å². The topological polar surface area (TPSA) is 18.5 Å². The van der Waals surface area contributed by atoms with E-state index in [9.17, 15) is 8.78 Å². The van der Waals surface area contributed by atoms with Crippen LogP contribution in [0.15, 0.2) is 24.3 Å². The Hall–Kier alpha value is -1.58. The fourth-order valence-corrected chi connectivity index (χ4v) is 6.84. The summed E-state index contributed by atoms with van der Waals surface area (Å²) < 4.78 is 39.2. The molecule has 0 bridgehead atoms. The number of hydrogen-bond acceptors (Lipinski definition) is 2. The molecular formula is C30H44F2O2. The average molecular weight is 475 g/mol. The van der Waals surface area contributed by atoms with Crippen molar-refractivity contribution in [2.75, 3.05) is 13.2 Å². The van der Waals surface area contributed by atoms with Crippen molar-refractivity contribution in [3.63, 3.8) is 0 Å². The van der Waals surface area contributed by atoms with Gasteiger partial charge in [0.05, 0.1) is 13.2 Å². The molecule has 0 amide bonds. The third-order valence-electron chi connectivity index (χ3n) is 8.92. The van der Waals surface area contributed by atoms with Crippen molar-refractivity contribution >= 4 is 0 Å². The quantitative estimate of drug-likeness (QED) is 0.333. The second-order valence-corrected chi connectivity index (χ2v) is 11.1. The maximum atomic E-state index is 14.3. The molecule has 2 saturated carbocycles. The van der Waals surface area contributed by atoms with E-state index in [-0.39, 0.29) is 11.5 Å². The maximum absolute atomic E-state index is 14.3. The van der Waals surface area contributed by atoms with E-state index in [1.807, 2.05) is 0 Å². The molecule has 2 atom stereocenters.